The van der Waals surface area contributed by atoms with Gasteiger partial charge in [-0.3, -0.25) is 4.79 Å². The van der Waals surface area contributed by atoms with E-state index in [9.17, 15) is 4.79 Å². The molecular weight excluding hydrogens is 300 g/mol. The Bertz CT molecular complexity index is 840. The standard InChI is InChI=1S/C16H13ClN4O/c1-10-6-8-11(9-7-10)15(22)21-16(18)19-14(20-21)12-4-2-3-5-13(12)17/h2-9H,1H3,(H2,18,19,20). The molecule has 0 saturated carbocycles. The van der Waals surface area contributed by atoms with Gasteiger partial charge in [-0.1, -0.05) is 41.4 Å². The first-order valence-corrected chi connectivity index (χ1v) is 7.03. The Kier molecular flexibility index (Phi) is 3.65. The van der Waals surface area contributed by atoms with E-state index in [0.29, 0.717) is 22.0 Å². The van der Waals surface area contributed by atoms with Gasteiger partial charge in [0.1, 0.15) is 0 Å². The number of nitrogen functional groups attached to an aromatic ring is 1. The van der Waals surface area contributed by atoms with Crippen LogP contribution >= 0.6 is 11.6 Å². The molecule has 2 N–H and O–H groups in total. The number of benzene rings is 2. The Morgan fingerprint density at radius 2 is 1.82 bits per heavy atom. The zero-order valence-electron chi connectivity index (χ0n) is 11.8. The Balaban J connectivity index is 2.01. The predicted molar refractivity (Wildman–Crippen MR) is 85.8 cm³/mol. The fourth-order valence-electron chi connectivity index (χ4n) is 2.05. The summed E-state index contributed by atoms with van der Waals surface area (Å²) in [5.41, 5.74) is 8.02. The average Bonchev–Trinajstić information content (AvgIpc) is 2.89. The van der Waals surface area contributed by atoms with Crippen molar-refractivity contribution in [3.8, 4) is 11.4 Å². The fourth-order valence-corrected chi connectivity index (χ4v) is 2.27. The summed E-state index contributed by atoms with van der Waals surface area (Å²) in [6, 6.07) is 14.3. The lowest BCUT2D eigenvalue weighted by Crippen LogP contribution is -2.16. The SMILES string of the molecule is Cc1ccc(C(=O)n2nc(-c3ccccc3Cl)nc2N)cc1. The van der Waals surface area contributed by atoms with Crippen molar-refractivity contribution < 1.29 is 4.79 Å². The van der Waals surface area contributed by atoms with Crippen molar-refractivity contribution >= 4 is 23.5 Å². The van der Waals surface area contributed by atoms with Crippen LogP contribution in [0.4, 0.5) is 5.95 Å². The van der Waals surface area contributed by atoms with E-state index in [1.807, 2.05) is 31.2 Å². The first-order valence-electron chi connectivity index (χ1n) is 6.65. The number of rotatable bonds is 2. The van der Waals surface area contributed by atoms with Crippen LogP contribution in [0.5, 0.6) is 0 Å². The lowest BCUT2D eigenvalue weighted by Gasteiger charge is -2.02. The highest BCUT2D eigenvalue weighted by atomic mass is 35.5. The van der Waals surface area contributed by atoms with Gasteiger partial charge in [0.25, 0.3) is 5.91 Å². The summed E-state index contributed by atoms with van der Waals surface area (Å²) in [5.74, 6) is 0.0207. The molecule has 0 fully saturated rings. The molecule has 1 heterocycles. The lowest BCUT2D eigenvalue weighted by atomic mass is 10.1. The Morgan fingerprint density at radius 3 is 2.50 bits per heavy atom. The number of nitrogens with zero attached hydrogens (tertiary/aromatic N) is 3. The maximum atomic E-state index is 12.5. The van der Waals surface area contributed by atoms with Gasteiger partial charge in [0, 0.05) is 11.1 Å². The van der Waals surface area contributed by atoms with Crippen LogP contribution in [0, 0.1) is 6.92 Å². The fraction of sp³-hybridized carbons (Fsp3) is 0.0625. The predicted octanol–water partition coefficient (Wildman–Crippen LogP) is 3.18. The maximum absolute atomic E-state index is 12.5. The number of aromatic nitrogens is 3. The van der Waals surface area contributed by atoms with Crippen molar-refractivity contribution in [3.05, 3.63) is 64.7 Å². The molecule has 0 aliphatic carbocycles. The highest BCUT2D eigenvalue weighted by molar-refractivity contribution is 6.33. The van der Waals surface area contributed by atoms with E-state index in [1.54, 1.807) is 24.3 Å². The number of halogens is 1. The van der Waals surface area contributed by atoms with E-state index in [0.717, 1.165) is 10.2 Å². The van der Waals surface area contributed by atoms with Gasteiger partial charge in [0.15, 0.2) is 5.82 Å². The van der Waals surface area contributed by atoms with Crippen molar-refractivity contribution in [2.24, 2.45) is 0 Å². The van der Waals surface area contributed by atoms with Crippen molar-refractivity contribution in [3.63, 3.8) is 0 Å². The smallest absolute Gasteiger partial charge is 0.281 e. The van der Waals surface area contributed by atoms with Crippen LogP contribution in [0.25, 0.3) is 11.4 Å². The molecule has 0 spiro atoms. The first kappa shape index (κ1) is 14.3. The van der Waals surface area contributed by atoms with E-state index in [4.69, 9.17) is 17.3 Å². The molecule has 22 heavy (non-hydrogen) atoms. The molecule has 1 aromatic heterocycles. The topological polar surface area (TPSA) is 73.8 Å². The molecule has 0 aliphatic rings. The second kappa shape index (κ2) is 5.61. The number of anilines is 1. The van der Waals surface area contributed by atoms with E-state index in [-0.39, 0.29) is 11.9 Å². The summed E-state index contributed by atoms with van der Waals surface area (Å²) < 4.78 is 1.09. The normalized spacial score (nSPS) is 10.6. The molecule has 3 aromatic rings. The number of nitrogens with two attached hydrogens (primary N) is 1. The van der Waals surface area contributed by atoms with Crippen LogP contribution in [-0.2, 0) is 0 Å². The number of hydrogen-bond acceptors (Lipinski definition) is 4. The molecule has 0 aliphatic heterocycles. The van der Waals surface area contributed by atoms with Crippen LogP contribution in [0.1, 0.15) is 15.9 Å². The molecule has 110 valence electrons. The number of carbonyl (C=O) groups is 1. The minimum absolute atomic E-state index is 0.0282. The molecule has 2 aromatic carbocycles. The van der Waals surface area contributed by atoms with Gasteiger partial charge in [-0.25, -0.2) is 0 Å². The van der Waals surface area contributed by atoms with Gasteiger partial charge in [-0.05, 0) is 31.2 Å². The third-order valence-electron chi connectivity index (χ3n) is 3.24. The average molecular weight is 313 g/mol. The largest absolute Gasteiger partial charge is 0.368 e. The highest BCUT2D eigenvalue weighted by Crippen LogP contribution is 2.25. The second-order valence-corrected chi connectivity index (χ2v) is 5.26. The monoisotopic (exact) mass is 312 g/mol. The van der Waals surface area contributed by atoms with Gasteiger partial charge in [0.05, 0.1) is 5.02 Å². The summed E-state index contributed by atoms with van der Waals surface area (Å²) in [6.07, 6.45) is 0. The first-order chi connectivity index (χ1) is 10.6. The van der Waals surface area contributed by atoms with Gasteiger partial charge < -0.3 is 5.73 Å². The van der Waals surface area contributed by atoms with Gasteiger partial charge in [-0.2, -0.15) is 9.67 Å². The van der Waals surface area contributed by atoms with Crippen LogP contribution in [0.2, 0.25) is 5.02 Å². The minimum Gasteiger partial charge on any atom is -0.368 e. The Hall–Kier alpha value is -2.66. The Labute approximate surface area is 132 Å². The summed E-state index contributed by atoms with van der Waals surface area (Å²) >= 11 is 6.12. The van der Waals surface area contributed by atoms with E-state index in [1.165, 1.54) is 0 Å². The van der Waals surface area contributed by atoms with Crippen molar-refractivity contribution in [2.75, 3.05) is 5.73 Å². The molecule has 0 radical (unpaired) electrons. The third-order valence-corrected chi connectivity index (χ3v) is 3.57. The number of carbonyl (C=O) groups excluding carboxylic acids is 1. The lowest BCUT2D eigenvalue weighted by molar-refractivity contribution is 0.0948. The van der Waals surface area contributed by atoms with E-state index in [2.05, 4.69) is 10.1 Å². The maximum Gasteiger partial charge on any atom is 0.281 e. The number of aryl methyl sites for hydroxylation is 1. The molecule has 6 heteroatoms. The molecule has 0 unspecified atom stereocenters. The van der Waals surface area contributed by atoms with Crippen LogP contribution in [-0.4, -0.2) is 20.7 Å². The number of hydrogen-bond donors (Lipinski definition) is 1. The van der Waals surface area contributed by atoms with Crippen LogP contribution in [0.15, 0.2) is 48.5 Å². The summed E-state index contributed by atoms with van der Waals surface area (Å²) in [7, 11) is 0. The van der Waals surface area contributed by atoms with E-state index >= 15 is 0 Å². The summed E-state index contributed by atoms with van der Waals surface area (Å²) in [4.78, 5) is 16.6. The van der Waals surface area contributed by atoms with Crippen molar-refractivity contribution in [2.45, 2.75) is 6.92 Å². The quantitative estimate of drug-likeness (QED) is 0.788. The zero-order chi connectivity index (χ0) is 15.7. The molecule has 5 nitrogen and oxygen atoms in total. The van der Waals surface area contributed by atoms with Crippen molar-refractivity contribution in [1.29, 1.82) is 0 Å². The molecule has 0 saturated heterocycles. The van der Waals surface area contributed by atoms with Gasteiger partial charge in [0.2, 0.25) is 5.95 Å². The molecule has 0 atom stereocenters. The van der Waals surface area contributed by atoms with E-state index < -0.39 is 0 Å². The highest BCUT2D eigenvalue weighted by Gasteiger charge is 2.17. The Morgan fingerprint density at radius 1 is 1.14 bits per heavy atom. The molecule has 0 amide bonds. The molecule has 0 bridgehead atoms. The van der Waals surface area contributed by atoms with Crippen LogP contribution < -0.4 is 5.73 Å². The summed E-state index contributed by atoms with van der Waals surface area (Å²) in [5, 5.41) is 4.69. The van der Waals surface area contributed by atoms with Crippen LogP contribution in [0.3, 0.4) is 0 Å². The van der Waals surface area contributed by atoms with Gasteiger partial charge >= 0.3 is 0 Å². The molecule has 3 rings (SSSR count). The minimum atomic E-state index is -0.330. The summed E-state index contributed by atoms with van der Waals surface area (Å²) in [6.45, 7) is 1.95. The van der Waals surface area contributed by atoms with Gasteiger partial charge in [-0.15, -0.1) is 5.10 Å². The second-order valence-electron chi connectivity index (χ2n) is 4.86. The third kappa shape index (κ3) is 2.58. The zero-order valence-corrected chi connectivity index (χ0v) is 12.6. The molecular formula is C16H13ClN4O. The van der Waals surface area contributed by atoms with Crippen molar-refractivity contribution in [1.82, 2.24) is 14.8 Å².